The summed E-state index contributed by atoms with van der Waals surface area (Å²) in [5.41, 5.74) is 0. The minimum Gasteiger partial charge on any atom is -0.465 e. The van der Waals surface area contributed by atoms with Crippen LogP contribution in [-0.4, -0.2) is 81.1 Å². The van der Waals surface area contributed by atoms with E-state index in [0.29, 0.717) is 26.2 Å². The number of carbonyl (C=O) groups is 3. The largest absolute Gasteiger partial charge is 0.465 e. The average molecular weight is 549 g/mol. The predicted octanol–water partition coefficient (Wildman–Crippen LogP) is 4.73. The smallest absolute Gasteiger partial charge is 0.311 e. The molecule has 0 aromatic heterocycles. The lowest BCUT2D eigenvalue weighted by molar-refractivity contribution is -0.155. The molecular formula is C30H48N2O5S. The normalized spacial score (nSPS) is 29.4. The molecule has 0 aromatic rings. The van der Waals surface area contributed by atoms with Crippen molar-refractivity contribution in [2.45, 2.75) is 100 Å². The quantitative estimate of drug-likeness (QED) is 0.151. The molecule has 38 heavy (non-hydrogen) atoms. The number of aliphatic hydroxyl groups excluding tert-OH is 1. The molecule has 1 N–H and O–H groups in total. The highest BCUT2D eigenvalue weighted by molar-refractivity contribution is 8.02. The molecule has 1 spiro atoms. The summed E-state index contributed by atoms with van der Waals surface area (Å²) in [6, 6.07) is -0.577. The Kier molecular flexibility index (Phi) is 11.3. The van der Waals surface area contributed by atoms with Crippen molar-refractivity contribution in [1.29, 1.82) is 0 Å². The molecule has 7 nitrogen and oxygen atoms in total. The molecule has 214 valence electrons. The van der Waals surface area contributed by atoms with Gasteiger partial charge in [-0.05, 0) is 58.3 Å². The lowest BCUT2D eigenvalue weighted by atomic mass is 9.66. The van der Waals surface area contributed by atoms with Crippen LogP contribution in [0.4, 0.5) is 0 Å². The lowest BCUT2D eigenvalue weighted by Crippen LogP contribution is -2.55. The molecular weight excluding hydrogens is 500 g/mol. The number of likely N-dealkylation sites (tertiary alicyclic amines) is 1. The number of unbranched alkanes of at least 4 members (excludes halogenated alkanes) is 6. The first-order chi connectivity index (χ1) is 18.3. The number of rotatable bonds is 18. The van der Waals surface area contributed by atoms with Gasteiger partial charge in [-0.15, -0.1) is 24.9 Å². The van der Waals surface area contributed by atoms with Crippen molar-refractivity contribution in [3.8, 4) is 0 Å². The highest BCUT2D eigenvalue weighted by Crippen LogP contribution is 2.71. The summed E-state index contributed by atoms with van der Waals surface area (Å²) >= 11 is 1.70. The number of aliphatic hydroxyl groups is 1. The van der Waals surface area contributed by atoms with Crippen LogP contribution in [0.2, 0.25) is 0 Å². The molecule has 8 heteroatoms. The molecule has 3 fully saturated rings. The summed E-state index contributed by atoms with van der Waals surface area (Å²) < 4.78 is 4.74. The fraction of sp³-hybridized carbons (Fsp3) is 0.767. The fourth-order valence-electron chi connectivity index (χ4n) is 6.67. The highest BCUT2D eigenvalue weighted by atomic mass is 32.2. The third-order valence-corrected chi connectivity index (χ3v) is 10.5. The van der Waals surface area contributed by atoms with E-state index in [1.165, 1.54) is 0 Å². The van der Waals surface area contributed by atoms with Crippen LogP contribution in [0.3, 0.4) is 0 Å². The van der Waals surface area contributed by atoms with Crippen LogP contribution in [0.1, 0.15) is 84.5 Å². The molecule has 3 aliphatic rings. The molecule has 0 aromatic carbocycles. The van der Waals surface area contributed by atoms with Crippen molar-refractivity contribution in [1.82, 2.24) is 9.80 Å². The summed E-state index contributed by atoms with van der Waals surface area (Å²) in [5, 5.41) is 9.13. The Morgan fingerprint density at radius 2 is 1.89 bits per heavy atom. The summed E-state index contributed by atoms with van der Waals surface area (Å²) in [4.78, 5) is 45.5. The highest BCUT2D eigenvalue weighted by Gasteiger charge is 2.77. The van der Waals surface area contributed by atoms with Crippen LogP contribution < -0.4 is 0 Å². The van der Waals surface area contributed by atoms with Gasteiger partial charge < -0.3 is 19.6 Å². The van der Waals surface area contributed by atoms with Crippen molar-refractivity contribution >= 4 is 29.5 Å². The molecule has 2 bridgehead atoms. The van der Waals surface area contributed by atoms with Crippen molar-refractivity contribution < 1.29 is 24.2 Å². The first-order valence-corrected chi connectivity index (χ1v) is 15.4. The SMILES string of the molecule is C=CCCCCOC(=O)[C@@H]1[C@H]2C(=O)N(CCCCCCO)C(C(=O)N(CC=C)CCCC)C23CC[C@@]1(C)S3. The zero-order chi connectivity index (χ0) is 27.8. The van der Waals surface area contributed by atoms with Crippen molar-refractivity contribution in [3.63, 3.8) is 0 Å². The van der Waals surface area contributed by atoms with E-state index in [2.05, 4.69) is 27.0 Å². The first kappa shape index (κ1) is 30.7. The van der Waals surface area contributed by atoms with Gasteiger partial charge in [-0.2, -0.15) is 0 Å². The van der Waals surface area contributed by atoms with Gasteiger partial charge >= 0.3 is 5.97 Å². The Hall–Kier alpha value is -1.80. The third kappa shape index (κ3) is 6.16. The van der Waals surface area contributed by atoms with Crippen LogP contribution in [0.5, 0.6) is 0 Å². The number of esters is 1. The van der Waals surface area contributed by atoms with Crippen LogP contribution in [0.15, 0.2) is 25.3 Å². The Bertz CT molecular complexity index is 866. The van der Waals surface area contributed by atoms with E-state index < -0.39 is 27.4 Å². The minimum absolute atomic E-state index is 0.0141. The number of fused-ring (bicyclic) bond motifs is 1. The summed E-state index contributed by atoms with van der Waals surface area (Å²) in [7, 11) is 0. The molecule has 3 rings (SSSR count). The van der Waals surface area contributed by atoms with Crippen LogP contribution >= 0.6 is 11.8 Å². The predicted molar refractivity (Wildman–Crippen MR) is 153 cm³/mol. The van der Waals surface area contributed by atoms with E-state index in [1.54, 1.807) is 22.7 Å². The van der Waals surface area contributed by atoms with E-state index in [9.17, 15) is 14.4 Å². The molecule has 5 atom stereocenters. The maximum Gasteiger partial charge on any atom is 0.311 e. The molecule has 2 amide bonds. The molecule has 2 unspecified atom stereocenters. The zero-order valence-corrected chi connectivity index (χ0v) is 24.3. The number of hydrogen-bond donors (Lipinski definition) is 1. The van der Waals surface area contributed by atoms with Crippen LogP contribution in [-0.2, 0) is 19.1 Å². The van der Waals surface area contributed by atoms with Gasteiger partial charge in [0.2, 0.25) is 11.8 Å². The fourth-order valence-corrected chi connectivity index (χ4v) is 9.01. The second-order valence-corrected chi connectivity index (χ2v) is 13.2. The topological polar surface area (TPSA) is 87.1 Å². The van der Waals surface area contributed by atoms with E-state index >= 15 is 0 Å². The Morgan fingerprint density at radius 3 is 2.58 bits per heavy atom. The minimum atomic E-state index is -0.605. The van der Waals surface area contributed by atoms with Gasteiger partial charge in [-0.1, -0.05) is 38.3 Å². The Morgan fingerprint density at radius 1 is 1.13 bits per heavy atom. The standard InChI is InChI=1S/C30H48N2O5S/c1-5-8-10-15-22-37-28(36)24-23-26(34)32(20-13-11-12-14-21-33)25(30(23)17-16-29(24,4)38-30)27(35)31(18-7-3)19-9-6-2/h5,7,23-25,33H,1,3,6,8-22H2,2,4H3/t23-,24-,25?,29+,30?/m0/s1. The van der Waals surface area contributed by atoms with Gasteiger partial charge in [0.1, 0.15) is 6.04 Å². The zero-order valence-electron chi connectivity index (χ0n) is 23.5. The molecule has 0 saturated carbocycles. The van der Waals surface area contributed by atoms with E-state index in [-0.39, 0.29) is 24.4 Å². The van der Waals surface area contributed by atoms with Crippen molar-refractivity contribution in [2.75, 3.05) is 32.8 Å². The average Bonchev–Trinajstić information content (AvgIpc) is 3.46. The van der Waals surface area contributed by atoms with Crippen molar-refractivity contribution in [3.05, 3.63) is 25.3 Å². The third-order valence-electron chi connectivity index (χ3n) is 8.56. The van der Waals surface area contributed by atoms with E-state index in [1.807, 2.05) is 11.0 Å². The van der Waals surface area contributed by atoms with Gasteiger partial charge in [0, 0.05) is 31.0 Å². The van der Waals surface area contributed by atoms with Gasteiger partial charge in [0.05, 0.1) is 23.2 Å². The number of thioether (sulfide) groups is 1. The van der Waals surface area contributed by atoms with E-state index in [0.717, 1.165) is 70.6 Å². The summed E-state index contributed by atoms with van der Waals surface area (Å²) in [5.74, 6) is -1.44. The van der Waals surface area contributed by atoms with Gasteiger partial charge in [0.25, 0.3) is 0 Å². The lowest BCUT2D eigenvalue weighted by Gasteiger charge is -2.37. The summed E-state index contributed by atoms with van der Waals surface area (Å²) in [6.07, 6.45) is 12.9. The van der Waals surface area contributed by atoms with Gasteiger partial charge in [-0.25, -0.2) is 0 Å². The summed E-state index contributed by atoms with van der Waals surface area (Å²) in [6.45, 7) is 13.9. The van der Waals surface area contributed by atoms with Crippen LogP contribution in [0, 0.1) is 11.8 Å². The Balaban J connectivity index is 1.88. The van der Waals surface area contributed by atoms with Gasteiger partial charge in [0.15, 0.2) is 0 Å². The number of allylic oxidation sites excluding steroid dienone is 1. The van der Waals surface area contributed by atoms with Crippen molar-refractivity contribution in [2.24, 2.45) is 11.8 Å². The van der Waals surface area contributed by atoms with Gasteiger partial charge in [-0.3, -0.25) is 14.4 Å². The molecule has 3 aliphatic heterocycles. The molecule has 0 radical (unpaired) electrons. The Labute approximate surface area is 233 Å². The number of ether oxygens (including phenoxy) is 1. The van der Waals surface area contributed by atoms with Crippen LogP contribution in [0.25, 0.3) is 0 Å². The molecule has 0 aliphatic carbocycles. The second kappa shape index (κ2) is 14.0. The first-order valence-electron chi connectivity index (χ1n) is 14.6. The monoisotopic (exact) mass is 548 g/mol. The maximum atomic E-state index is 14.2. The number of nitrogens with zero attached hydrogens (tertiary/aromatic N) is 2. The molecule has 3 heterocycles. The number of carbonyl (C=O) groups excluding carboxylic acids is 3. The maximum absolute atomic E-state index is 14.2. The number of hydrogen-bond acceptors (Lipinski definition) is 6. The second-order valence-electron chi connectivity index (χ2n) is 11.3. The number of amides is 2. The molecule has 3 saturated heterocycles. The van der Waals surface area contributed by atoms with E-state index in [4.69, 9.17) is 9.84 Å².